The molecule has 0 saturated heterocycles. The third-order valence-corrected chi connectivity index (χ3v) is 3.02. The highest BCUT2D eigenvalue weighted by Gasteiger charge is 2.25. The van der Waals surface area contributed by atoms with Gasteiger partial charge in [-0.1, -0.05) is 0 Å². The molecule has 1 N–H and O–H groups in total. The second-order valence-corrected chi connectivity index (χ2v) is 4.61. The van der Waals surface area contributed by atoms with E-state index in [9.17, 15) is 9.59 Å². The van der Waals surface area contributed by atoms with Crippen molar-refractivity contribution in [3.05, 3.63) is 17.5 Å². The molecule has 100 valence electrons. The molecule has 1 aromatic heterocycles. The molecule has 1 rings (SSSR count). The second-order valence-electron chi connectivity index (χ2n) is 4.61. The minimum Gasteiger partial charge on any atom is -0.480 e. The molecule has 1 heterocycles. The third-order valence-electron chi connectivity index (χ3n) is 3.02. The maximum absolute atomic E-state index is 12.2. The van der Waals surface area contributed by atoms with E-state index in [-0.39, 0.29) is 11.9 Å². The maximum Gasteiger partial charge on any atom is 0.326 e. The Morgan fingerprint density at radius 3 is 2.33 bits per heavy atom. The number of carbonyl (C=O) groups excluding carboxylic acids is 1. The van der Waals surface area contributed by atoms with Crippen molar-refractivity contribution < 1.29 is 14.7 Å². The Labute approximate surface area is 106 Å². The average molecular weight is 253 g/mol. The number of aliphatic carboxylic acids is 1. The summed E-state index contributed by atoms with van der Waals surface area (Å²) in [5.74, 6) is -1.35. The lowest BCUT2D eigenvalue weighted by Crippen LogP contribution is -2.40. The number of rotatable bonds is 4. The number of nitrogens with zero attached hydrogens (tertiary/aromatic N) is 3. The Kier molecular flexibility index (Phi) is 4.11. The molecule has 6 heteroatoms. The topological polar surface area (TPSA) is 75.4 Å². The van der Waals surface area contributed by atoms with Gasteiger partial charge in [-0.15, -0.1) is 0 Å². The first kappa shape index (κ1) is 14.2. The van der Waals surface area contributed by atoms with Crippen LogP contribution in [-0.4, -0.2) is 44.8 Å². The highest BCUT2D eigenvalue weighted by Crippen LogP contribution is 2.15. The van der Waals surface area contributed by atoms with Crippen LogP contribution in [0.3, 0.4) is 0 Å². The van der Waals surface area contributed by atoms with Gasteiger partial charge in [0.25, 0.3) is 5.91 Å². The van der Waals surface area contributed by atoms with Crippen LogP contribution in [0.1, 0.15) is 42.9 Å². The van der Waals surface area contributed by atoms with Crippen LogP contribution in [0.4, 0.5) is 0 Å². The van der Waals surface area contributed by atoms with E-state index >= 15 is 0 Å². The van der Waals surface area contributed by atoms with E-state index in [2.05, 4.69) is 5.10 Å². The lowest BCUT2D eigenvalue weighted by Gasteiger charge is -2.21. The molecule has 0 saturated carbocycles. The minimum absolute atomic E-state index is 0.161. The van der Waals surface area contributed by atoms with E-state index in [1.54, 1.807) is 11.6 Å². The van der Waals surface area contributed by atoms with Crippen molar-refractivity contribution in [2.45, 2.75) is 39.8 Å². The van der Waals surface area contributed by atoms with Gasteiger partial charge in [0.2, 0.25) is 0 Å². The van der Waals surface area contributed by atoms with Crippen LogP contribution in [0.5, 0.6) is 0 Å². The van der Waals surface area contributed by atoms with Gasteiger partial charge >= 0.3 is 5.97 Å². The van der Waals surface area contributed by atoms with Crippen LogP contribution in [0.25, 0.3) is 0 Å². The minimum atomic E-state index is -1.03. The van der Waals surface area contributed by atoms with Gasteiger partial charge in [-0.05, 0) is 27.7 Å². The van der Waals surface area contributed by atoms with Crippen molar-refractivity contribution >= 4 is 11.9 Å². The number of likely N-dealkylation sites (N-methyl/N-ethyl adjacent to an activating group) is 1. The summed E-state index contributed by atoms with van der Waals surface area (Å²) in [7, 11) is 1.48. The molecule has 1 amide bonds. The van der Waals surface area contributed by atoms with Gasteiger partial charge < -0.3 is 10.0 Å². The van der Waals surface area contributed by atoms with Gasteiger partial charge in [0.1, 0.15) is 6.04 Å². The first-order chi connectivity index (χ1) is 8.27. The normalized spacial score (nSPS) is 12.6. The fourth-order valence-corrected chi connectivity index (χ4v) is 1.69. The summed E-state index contributed by atoms with van der Waals surface area (Å²) in [5, 5.41) is 13.0. The van der Waals surface area contributed by atoms with Crippen molar-refractivity contribution in [1.29, 1.82) is 0 Å². The number of carboxylic acid groups (broad SMARTS) is 1. The maximum atomic E-state index is 12.2. The van der Waals surface area contributed by atoms with Gasteiger partial charge in [0.15, 0.2) is 0 Å². The van der Waals surface area contributed by atoms with Crippen LogP contribution in [0.15, 0.2) is 6.20 Å². The number of carboxylic acids is 1. The molecular formula is C12H19N3O3. The lowest BCUT2D eigenvalue weighted by molar-refractivity contribution is -0.141. The number of hydrogen-bond donors (Lipinski definition) is 1. The van der Waals surface area contributed by atoms with Crippen molar-refractivity contribution in [3.8, 4) is 0 Å². The number of amides is 1. The zero-order valence-corrected chi connectivity index (χ0v) is 11.3. The predicted octanol–water partition coefficient (Wildman–Crippen LogP) is 1.32. The summed E-state index contributed by atoms with van der Waals surface area (Å²) in [4.78, 5) is 24.2. The molecule has 6 nitrogen and oxygen atoms in total. The summed E-state index contributed by atoms with van der Waals surface area (Å²) < 4.78 is 1.74. The molecule has 18 heavy (non-hydrogen) atoms. The Hall–Kier alpha value is -1.85. The highest BCUT2D eigenvalue weighted by molar-refractivity contribution is 5.97. The molecule has 0 fully saturated rings. The van der Waals surface area contributed by atoms with Crippen LogP contribution >= 0.6 is 0 Å². The predicted molar refractivity (Wildman–Crippen MR) is 66.5 cm³/mol. The summed E-state index contributed by atoms with van der Waals surface area (Å²) in [5.41, 5.74) is 1.19. The van der Waals surface area contributed by atoms with Crippen molar-refractivity contribution in [3.63, 3.8) is 0 Å². The average Bonchev–Trinajstić information content (AvgIpc) is 2.68. The third kappa shape index (κ3) is 2.52. The van der Waals surface area contributed by atoms with Crippen molar-refractivity contribution in [2.75, 3.05) is 7.05 Å². The Bertz CT molecular complexity index is 465. The molecule has 0 aliphatic rings. The Morgan fingerprint density at radius 2 is 1.94 bits per heavy atom. The van der Waals surface area contributed by atoms with E-state index in [1.807, 2.05) is 13.8 Å². The molecule has 1 atom stereocenters. The van der Waals surface area contributed by atoms with Gasteiger partial charge in [-0.3, -0.25) is 9.48 Å². The molecule has 0 radical (unpaired) electrons. The molecule has 0 aliphatic carbocycles. The fourth-order valence-electron chi connectivity index (χ4n) is 1.69. The first-order valence-corrected chi connectivity index (χ1v) is 5.81. The Morgan fingerprint density at radius 1 is 1.39 bits per heavy atom. The smallest absolute Gasteiger partial charge is 0.326 e. The van der Waals surface area contributed by atoms with Crippen LogP contribution < -0.4 is 0 Å². The van der Waals surface area contributed by atoms with Crippen LogP contribution in [-0.2, 0) is 4.79 Å². The molecule has 0 aliphatic heterocycles. The summed E-state index contributed by atoms with van der Waals surface area (Å²) in [6.45, 7) is 7.22. The van der Waals surface area contributed by atoms with Gasteiger partial charge in [0, 0.05) is 18.8 Å². The molecule has 0 spiro atoms. The molecule has 1 aromatic rings. The molecule has 1 unspecified atom stereocenters. The fraction of sp³-hybridized carbons (Fsp3) is 0.583. The molecule has 0 bridgehead atoms. The number of aromatic nitrogens is 2. The van der Waals surface area contributed by atoms with Crippen LogP contribution in [0.2, 0.25) is 0 Å². The number of carbonyl (C=O) groups is 2. The molecule has 0 aromatic carbocycles. The summed E-state index contributed by atoms with van der Waals surface area (Å²) in [6, 6.07) is -0.701. The quantitative estimate of drug-likeness (QED) is 0.878. The van der Waals surface area contributed by atoms with E-state index < -0.39 is 12.0 Å². The summed E-state index contributed by atoms with van der Waals surface area (Å²) in [6.07, 6.45) is 1.49. The molecular weight excluding hydrogens is 234 g/mol. The lowest BCUT2D eigenvalue weighted by atomic mass is 10.2. The van der Waals surface area contributed by atoms with E-state index in [0.29, 0.717) is 5.56 Å². The van der Waals surface area contributed by atoms with Gasteiger partial charge in [0.05, 0.1) is 11.8 Å². The van der Waals surface area contributed by atoms with E-state index in [4.69, 9.17) is 5.11 Å². The van der Waals surface area contributed by atoms with Crippen LogP contribution in [0, 0.1) is 6.92 Å². The van der Waals surface area contributed by atoms with E-state index in [0.717, 1.165) is 5.69 Å². The SMILES string of the molecule is Cc1c(C(=O)N(C)C(C)C(=O)O)cnn1C(C)C. The zero-order chi connectivity index (χ0) is 14.0. The monoisotopic (exact) mass is 253 g/mol. The van der Waals surface area contributed by atoms with Crippen molar-refractivity contribution in [1.82, 2.24) is 14.7 Å². The van der Waals surface area contributed by atoms with Crippen molar-refractivity contribution in [2.24, 2.45) is 0 Å². The van der Waals surface area contributed by atoms with Gasteiger partial charge in [-0.25, -0.2) is 4.79 Å². The second kappa shape index (κ2) is 5.20. The zero-order valence-electron chi connectivity index (χ0n) is 11.3. The standard InChI is InChI=1S/C12H19N3O3/c1-7(2)15-8(3)10(6-13-15)11(16)14(5)9(4)12(17)18/h6-7,9H,1-5H3,(H,17,18). The summed E-state index contributed by atoms with van der Waals surface area (Å²) >= 11 is 0. The number of hydrogen-bond acceptors (Lipinski definition) is 3. The van der Waals surface area contributed by atoms with Gasteiger partial charge in [-0.2, -0.15) is 5.10 Å². The largest absolute Gasteiger partial charge is 0.480 e. The highest BCUT2D eigenvalue weighted by atomic mass is 16.4. The Balaban J connectivity index is 3.01. The first-order valence-electron chi connectivity index (χ1n) is 5.81. The van der Waals surface area contributed by atoms with E-state index in [1.165, 1.54) is 25.1 Å².